The zero-order valence-corrected chi connectivity index (χ0v) is 12.3. The van der Waals surface area contributed by atoms with Gasteiger partial charge in [-0.05, 0) is 45.1 Å². The highest BCUT2D eigenvalue weighted by Crippen LogP contribution is 2.31. The lowest BCUT2D eigenvalue weighted by Gasteiger charge is -2.11. The molecule has 0 aliphatic carbocycles. The van der Waals surface area contributed by atoms with E-state index in [0.717, 1.165) is 14.2 Å². The van der Waals surface area contributed by atoms with E-state index in [2.05, 4.69) is 41.9 Å². The van der Waals surface area contributed by atoms with Crippen LogP contribution < -0.4 is 0 Å². The Bertz CT molecular complexity index is 487. The molecule has 1 aromatic heterocycles. The number of aliphatic hydroxyl groups is 1. The van der Waals surface area contributed by atoms with Gasteiger partial charge in [0.25, 0.3) is 0 Å². The summed E-state index contributed by atoms with van der Waals surface area (Å²) in [5.41, 5.74) is 2.25. The van der Waals surface area contributed by atoms with Crippen LogP contribution in [0.25, 0.3) is 0 Å². The van der Waals surface area contributed by atoms with Gasteiger partial charge in [-0.3, -0.25) is 0 Å². The molecule has 17 heavy (non-hydrogen) atoms. The molecule has 0 spiro atoms. The molecule has 0 amide bonds. The molecule has 3 heteroatoms. The average molecular weight is 311 g/mol. The molecule has 2 rings (SSSR count). The molecule has 0 saturated heterocycles. The van der Waals surface area contributed by atoms with Gasteiger partial charge in [0.05, 0.1) is 3.79 Å². The van der Waals surface area contributed by atoms with Crippen LogP contribution in [0.2, 0.25) is 0 Å². The van der Waals surface area contributed by atoms with Crippen molar-refractivity contribution in [1.82, 2.24) is 0 Å². The fourth-order valence-electron chi connectivity index (χ4n) is 1.70. The zero-order valence-electron chi connectivity index (χ0n) is 9.85. The van der Waals surface area contributed by atoms with Gasteiger partial charge in [-0.15, -0.1) is 11.3 Å². The van der Waals surface area contributed by atoms with Crippen LogP contribution in [0, 0.1) is 0 Å². The van der Waals surface area contributed by atoms with Crippen molar-refractivity contribution in [2.24, 2.45) is 0 Å². The molecule has 1 N–H and O–H groups in total. The van der Waals surface area contributed by atoms with Crippen molar-refractivity contribution in [1.29, 1.82) is 0 Å². The molecule has 1 nitrogen and oxygen atoms in total. The molecular weight excluding hydrogens is 296 g/mol. The number of benzene rings is 1. The first-order chi connectivity index (χ1) is 8.08. The Morgan fingerprint density at radius 2 is 1.59 bits per heavy atom. The summed E-state index contributed by atoms with van der Waals surface area (Å²) in [5.74, 6) is 0.525. The smallest absolute Gasteiger partial charge is 0.113 e. The SMILES string of the molecule is CC(C)c1ccc(C(O)c2ccc(Br)s2)cc1. The maximum Gasteiger partial charge on any atom is 0.113 e. The number of rotatable bonds is 3. The molecule has 2 aromatic rings. The monoisotopic (exact) mass is 310 g/mol. The van der Waals surface area contributed by atoms with Crippen LogP contribution >= 0.6 is 27.3 Å². The second kappa shape index (κ2) is 5.34. The summed E-state index contributed by atoms with van der Waals surface area (Å²) >= 11 is 4.98. The molecule has 0 saturated carbocycles. The Kier molecular flexibility index (Phi) is 4.02. The molecule has 1 atom stereocenters. The predicted octanol–water partition coefficient (Wildman–Crippen LogP) is 4.72. The van der Waals surface area contributed by atoms with Gasteiger partial charge in [0, 0.05) is 4.88 Å². The highest BCUT2D eigenvalue weighted by molar-refractivity contribution is 9.11. The fourth-order valence-corrected chi connectivity index (χ4v) is 3.14. The molecular formula is C14H15BrOS. The van der Waals surface area contributed by atoms with Crippen molar-refractivity contribution < 1.29 is 5.11 Å². The number of aliphatic hydroxyl groups excluding tert-OH is 1. The molecule has 0 aliphatic rings. The van der Waals surface area contributed by atoms with Crippen molar-refractivity contribution in [3.63, 3.8) is 0 Å². The first kappa shape index (κ1) is 12.8. The summed E-state index contributed by atoms with van der Waals surface area (Å²) in [6.45, 7) is 4.34. The molecule has 1 aromatic carbocycles. The lowest BCUT2D eigenvalue weighted by molar-refractivity contribution is 0.224. The molecule has 0 aliphatic heterocycles. The van der Waals surface area contributed by atoms with Gasteiger partial charge in [0.1, 0.15) is 6.10 Å². The highest BCUT2D eigenvalue weighted by atomic mass is 79.9. The molecule has 1 heterocycles. The van der Waals surface area contributed by atoms with Crippen LogP contribution in [0.5, 0.6) is 0 Å². The fraction of sp³-hybridized carbons (Fsp3) is 0.286. The van der Waals surface area contributed by atoms with Gasteiger partial charge in [0.15, 0.2) is 0 Å². The maximum absolute atomic E-state index is 10.2. The summed E-state index contributed by atoms with van der Waals surface area (Å²) in [5, 5.41) is 10.2. The minimum Gasteiger partial charge on any atom is -0.383 e. The van der Waals surface area contributed by atoms with E-state index in [1.807, 2.05) is 24.3 Å². The minimum absolute atomic E-state index is 0.521. The van der Waals surface area contributed by atoms with E-state index in [0.29, 0.717) is 5.92 Å². The van der Waals surface area contributed by atoms with Crippen molar-refractivity contribution in [3.8, 4) is 0 Å². The van der Waals surface area contributed by atoms with Gasteiger partial charge < -0.3 is 5.11 Å². The number of hydrogen-bond donors (Lipinski definition) is 1. The third kappa shape index (κ3) is 2.97. The Labute approximate surface area is 114 Å². The summed E-state index contributed by atoms with van der Waals surface area (Å²) in [6, 6.07) is 12.1. The topological polar surface area (TPSA) is 20.2 Å². The van der Waals surface area contributed by atoms with Crippen molar-refractivity contribution in [2.75, 3.05) is 0 Å². The third-order valence-corrected chi connectivity index (χ3v) is 4.46. The van der Waals surface area contributed by atoms with E-state index in [1.54, 1.807) is 11.3 Å². The molecule has 0 bridgehead atoms. The summed E-state index contributed by atoms with van der Waals surface area (Å²) in [4.78, 5) is 0.967. The Morgan fingerprint density at radius 1 is 1.00 bits per heavy atom. The van der Waals surface area contributed by atoms with E-state index in [4.69, 9.17) is 0 Å². The van der Waals surface area contributed by atoms with Crippen LogP contribution in [0.4, 0.5) is 0 Å². The first-order valence-electron chi connectivity index (χ1n) is 5.61. The van der Waals surface area contributed by atoms with Crippen LogP contribution in [-0.2, 0) is 0 Å². The van der Waals surface area contributed by atoms with E-state index in [-0.39, 0.29) is 0 Å². The normalized spacial score (nSPS) is 13.0. The number of thiophene rings is 1. The second-order valence-corrected chi connectivity index (χ2v) is 6.86. The first-order valence-corrected chi connectivity index (χ1v) is 7.22. The van der Waals surface area contributed by atoms with Gasteiger partial charge in [-0.1, -0.05) is 38.1 Å². The average Bonchev–Trinajstić information content (AvgIpc) is 2.75. The quantitative estimate of drug-likeness (QED) is 0.870. The molecule has 90 valence electrons. The van der Waals surface area contributed by atoms with E-state index in [9.17, 15) is 5.11 Å². The Balaban J connectivity index is 2.22. The van der Waals surface area contributed by atoms with Gasteiger partial charge in [0.2, 0.25) is 0 Å². The van der Waals surface area contributed by atoms with E-state index in [1.165, 1.54) is 5.56 Å². The van der Waals surface area contributed by atoms with E-state index >= 15 is 0 Å². The Morgan fingerprint density at radius 3 is 2.06 bits per heavy atom. The predicted molar refractivity (Wildman–Crippen MR) is 76.6 cm³/mol. The number of hydrogen-bond acceptors (Lipinski definition) is 2. The summed E-state index contributed by atoms with van der Waals surface area (Å²) < 4.78 is 1.05. The molecule has 0 radical (unpaired) electrons. The van der Waals surface area contributed by atoms with Crippen molar-refractivity contribution in [3.05, 3.63) is 56.2 Å². The van der Waals surface area contributed by atoms with Crippen molar-refractivity contribution >= 4 is 27.3 Å². The molecule has 1 unspecified atom stereocenters. The van der Waals surface area contributed by atoms with Crippen LogP contribution in [0.1, 0.15) is 41.9 Å². The van der Waals surface area contributed by atoms with Crippen LogP contribution in [-0.4, -0.2) is 5.11 Å². The van der Waals surface area contributed by atoms with Crippen LogP contribution in [0.15, 0.2) is 40.2 Å². The van der Waals surface area contributed by atoms with Gasteiger partial charge in [-0.25, -0.2) is 0 Å². The minimum atomic E-state index is -0.521. The van der Waals surface area contributed by atoms with Gasteiger partial charge in [-0.2, -0.15) is 0 Å². The zero-order chi connectivity index (χ0) is 12.4. The largest absolute Gasteiger partial charge is 0.383 e. The van der Waals surface area contributed by atoms with Crippen LogP contribution in [0.3, 0.4) is 0 Å². The third-order valence-electron chi connectivity index (χ3n) is 2.78. The second-order valence-electron chi connectivity index (χ2n) is 4.37. The maximum atomic E-state index is 10.2. The number of halogens is 1. The molecule has 0 fully saturated rings. The standard InChI is InChI=1S/C14H15BrOS/c1-9(2)10-3-5-11(6-4-10)14(16)12-7-8-13(15)17-12/h3-9,14,16H,1-2H3. The highest BCUT2D eigenvalue weighted by Gasteiger charge is 2.12. The lowest BCUT2D eigenvalue weighted by Crippen LogP contribution is -1.97. The Hall–Kier alpha value is -0.640. The lowest BCUT2D eigenvalue weighted by atomic mass is 9.99. The van der Waals surface area contributed by atoms with E-state index < -0.39 is 6.10 Å². The summed E-state index contributed by atoms with van der Waals surface area (Å²) in [7, 11) is 0. The van der Waals surface area contributed by atoms with Crippen molar-refractivity contribution in [2.45, 2.75) is 25.9 Å². The summed E-state index contributed by atoms with van der Waals surface area (Å²) in [6.07, 6.45) is -0.521. The van der Waals surface area contributed by atoms with Gasteiger partial charge >= 0.3 is 0 Å².